The van der Waals surface area contributed by atoms with Crippen LogP contribution in [0.4, 0.5) is 0 Å². The van der Waals surface area contributed by atoms with E-state index in [1.165, 1.54) is 257 Å². The van der Waals surface area contributed by atoms with Gasteiger partial charge >= 0.3 is 39.5 Å². The van der Waals surface area contributed by atoms with E-state index in [0.717, 1.165) is 103 Å². The molecule has 3 N–H and O–H groups in total. The Morgan fingerprint density at radius 3 is 0.590 bits per heavy atom. The summed E-state index contributed by atoms with van der Waals surface area (Å²) in [5.41, 5.74) is 0. The first kappa shape index (κ1) is 98.1. The molecule has 0 aliphatic rings. The molecule has 0 aromatic carbocycles. The summed E-state index contributed by atoms with van der Waals surface area (Å²) in [6.45, 7) is 4.95. The summed E-state index contributed by atoms with van der Waals surface area (Å²) in [7, 11) is -9.90. The average molecular weight is 1470 g/mol. The number of unbranched alkanes of at least 4 members (excludes halogenated alkanes) is 56. The van der Waals surface area contributed by atoms with Crippen LogP contribution in [0.2, 0.25) is 0 Å². The molecule has 594 valence electrons. The SMILES string of the molecule is CCCCCCCCCCCCCCCCCCCCCCCCC(=O)OC[C@H](COP(=O)(O)OC[C@@H](O)COP(=O)(O)OC[C@@H](COC(=O)CCCCCCCCCC)OC(=O)CCCCCCCCCC)OC(=O)CCCCCCCCCCCCCCCCCCCCCCCC. The second kappa shape index (κ2) is 75.3. The van der Waals surface area contributed by atoms with Gasteiger partial charge in [-0.3, -0.25) is 37.3 Å². The molecule has 0 radical (unpaired) electrons. The highest BCUT2D eigenvalue weighted by Crippen LogP contribution is 2.45. The van der Waals surface area contributed by atoms with Crippen molar-refractivity contribution in [1.29, 1.82) is 0 Å². The molecule has 0 spiro atoms. The van der Waals surface area contributed by atoms with Crippen LogP contribution in [-0.4, -0.2) is 96.7 Å². The monoisotopic (exact) mass is 1470 g/mol. The van der Waals surface area contributed by atoms with Gasteiger partial charge in [0.1, 0.15) is 19.3 Å². The first-order valence-corrected chi connectivity index (χ1v) is 45.3. The number of hydrogen-bond donors (Lipinski definition) is 3. The van der Waals surface area contributed by atoms with Gasteiger partial charge in [0.25, 0.3) is 0 Å². The molecule has 17 nitrogen and oxygen atoms in total. The zero-order valence-electron chi connectivity index (χ0n) is 65.2. The number of aliphatic hydroxyl groups is 1. The van der Waals surface area contributed by atoms with Crippen molar-refractivity contribution in [2.75, 3.05) is 39.6 Å². The lowest BCUT2D eigenvalue weighted by Gasteiger charge is -2.21. The van der Waals surface area contributed by atoms with Gasteiger partial charge in [-0.25, -0.2) is 9.13 Å². The van der Waals surface area contributed by atoms with E-state index in [-0.39, 0.29) is 25.7 Å². The maximum atomic E-state index is 13.1. The van der Waals surface area contributed by atoms with Crippen LogP contribution >= 0.6 is 15.6 Å². The standard InChI is InChI=1S/C81H158O17P2/c1-5-9-13-17-21-25-27-29-31-33-35-37-39-41-43-45-47-49-51-55-58-62-66-79(84)92-72-77(98-81(86)68-64-60-56-52-50-48-46-44-42-40-38-36-34-32-30-28-26-22-18-14-10-6-2)74-96-100(89,90)94-70-75(82)69-93-99(87,88)95-73-76(97-80(85)67-63-59-54-24-20-16-12-8-4)71-91-78(83)65-61-57-53-23-19-15-11-7-3/h75-77,82H,5-74H2,1-4H3,(H,87,88)(H,89,90)/t75-,76+,77+/m0/s1. The summed E-state index contributed by atoms with van der Waals surface area (Å²) in [6.07, 6.45) is 68.6. The molecule has 0 rings (SSSR count). The predicted molar refractivity (Wildman–Crippen MR) is 409 cm³/mol. The number of esters is 4. The molecule has 0 saturated heterocycles. The predicted octanol–water partition coefficient (Wildman–Crippen LogP) is 24.6. The molecule has 0 aromatic heterocycles. The highest BCUT2D eigenvalue weighted by molar-refractivity contribution is 7.47. The van der Waals surface area contributed by atoms with Crippen LogP contribution in [0.25, 0.3) is 0 Å². The summed E-state index contributed by atoms with van der Waals surface area (Å²) in [6, 6.07) is 0. The van der Waals surface area contributed by atoms with E-state index in [1.807, 2.05) is 0 Å². The maximum absolute atomic E-state index is 13.1. The minimum Gasteiger partial charge on any atom is -0.462 e. The maximum Gasteiger partial charge on any atom is 0.472 e. The van der Waals surface area contributed by atoms with Gasteiger partial charge in [0.15, 0.2) is 12.2 Å². The topological polar surface area (TPSA) is 237 Å². The third-order valence-corrected chi connectivity index (χ3v) is 21.0. The molecule has 19 heteroatoms. The number of ether oxygens (including phenoxy) is 4. The summed E-state index contributed by atoms with van der Waals surface area (Å²) in [5.74, 6) is -2.12. The number of phosphoric acid groups is 2. The lowest BCUT2D eigenvalue weighted by Crippen LogP contribution is -2.30. The molecule has 0 bridgehead atoms. The smallest absolute Gasteiger partial charge is 0.462 e. The normalized spacial score (nSPS) is 13.8. The molecule has 100 heavy (non-hydrogen) atoms. The minimum absolute atomic E-state index is 0.105. The van der Waals surface area contributed by atoms with Crippen molar-refractivity contribution in [3.63, 3.8) is 0 Å². The van der Waals surface area contributed by atoms with Crippen molar-refractivity contribution in [1.82, 2.24) is 0 Å². The number of rotatable bonds is 82. The fourth-order valence-electron chi connectivity index (χ4n) is 12.6. The van der Waals surface area contributed by atoms with Gasteiger partial charge in [-0.1, -0.05) is 387 Å². The van der Waals surface area contributed by atoms with Crippen molar-refractivity contribution >= 4 is 39.5 Å². The van der Waals surface area contributed by atoms with Crippen molar-refractivity contribution in [2.24, 2.45) is 0 Å². The van der Waals surface area contributed by atoms with Crippen LogP contribution in [0.15, 0.2) is 0 Å². The Balaban J connectivity index is 5.09. The van der Waals surface area contributed by atoms with E-state index in [1.54, 1.807) is 0 Å². The van der Waals surface area contributed by atoms with Gasteiger partial charge in [-0.15, -0.1) is 0 Å². The summed E-state index contributed by atoms with van der Waals surface area (Å²) < 4.78 is 68.5. The quantitative estimate of drug-likeness (QED) is 0.0222. The van der Waals surface area contributed by atoms with Crippen LogP contribution in [0.1, 0.15) is 439 Å². The highest BCUT2D eigenvalue weighted by atomic mass is 31.2. The van der Waals surface area contributed by atoms with Gasteiger partial charge < -0.3 is 33.8 Å². The van der Waals surface area contributed by atoms with Crippen molar-refractivity contribution < 1.29 is 80.2 Å². The number of phosphoric ester groups is 2. The van der Waals surface area contributed by atoms with E-state index in [9.17, 15) is 43.2 Å². The molecule has 0 saturated carbocycles. The Kier molecular flexibility index (Phi) is 73.8. The number of carbonyl (C=O) groups is 4. The lowest BCUT2D eigenvalue weighted by molar-refractivity contribution is -0.161. The Bertz CT molecular complexity index is 1890. The minimum atomic E-state index is -4.96. The summed E-state index contributed by atoms with van der Waals surface area (Å²) in [4.78, 5) is 72.7. The van der Waals surface area contributed by atoms with Gasteiger partial charge in [0, 0.05) is 25.7 Å². The van der Waals surface area contributed by atoms with Gasteiger partial charge in [0.2, 0.25) is 0 Å². The van der Waals surface area contributed by atoms with Crippen LogP contribution < -0.4 is 0 Å². The van der Waals surface area contributed by atoms with Crippen LogP contribution in [0.3, 0.4) is 0 Å². The molecular weight excluding hydrogens is 1310 g/mol. The molecular formula is C81H158O17P2. The molecule has 0 fully saturated rings. The van der Waals surface area contributed by atoms with Gasteiger partial charge in [0.05, 0.1) is 26.4 Å². The van der Waals surface area contributed by atoms with Crippen LogP contribution in [-0.2, 0) is 65.4 Å². The van der Waals surface area contributed by atoms with Crippen LogP contribution in [0, 0.1) is 0 Å². The van der Waals surface area contributed by atoms with Crippen molar-refractivity contribution in [3.8, 4) is 0 Å². The lowest BCUT2D eigenvalue weighted by atomic mass is 10.0. The average Bonchev–Trinajstić information content (AvgIpc) is 0.943. The third kappa shape index (κ3) is 74.3. The fraction of sp³-hybridized carbons (Fsp3) is 0.951. The first-order chi connectivity index (χ1) is 48.7. The molecule has 5 atom stereocenters. The Morgan fingerprint density at radius 2 is 0.400 bits per heavy atom. The Morgan fingerprint density at radius 1 is 0.240 bits per heavy atom. The van der Waals surface area contributed by atoms with E-state index in [4.69, 9.17) is 37.0 Å². The zero-order chi connectivity index (χ0) is 73.2. The third-order valence-electron chi connectivity index (χ3n) is 19.1. The first-order valence-electron chi connectivity index (χ1n) is 42.3. The Hall–Kier alpha value is -1.94. The van der Waals surface area contributed by atoms with Crippen molar-refractivity contribution in [3.05, 3.63) is 0 Å². The Labute approximate surface area is 613 Å². The largest absolute Gasteiger partial charge is 0.472 e. The zero-order valence-corrected chi connectivity index (χ0v) is 67.0. The second-order valence-electron chi connectivity index (χ2n) is 29.2. The van der Waals surface area contributed by atoms with E-state index < -0.39 is 97.5 Å². The van der Waals surface area contributed by atoms with Crippen molar-refractivity contribution in [2.45, 2.75) is 457 Å². The number of carbonyl (C=O) groups excluding carboxylic acids is 4. The number of hydrogen-bond acceptors (Lipinski definition) is 15. The molecule has 0 amide bonds. The molecule has 0 aliphatic carbocycles. The summed E-state index contributed by atoms with van der Waals surface area (Å²) in [5, 5.41) is 10.6. The van der Waals surface area contributed by atoms with E-state index in [0.29, 0.717) is 25.7 Å². The van der Waals surface area contributed by atoms with Gasteiger partial charge in [-0.05, 0) is 25.7 Å². The fourth-order valence-corrected chi connectivity index (χ4v) is 14.2. The van der Waals surface area contributed by atoms with Gasteiger partial charge in [-0.2, -0.15) is 0 Å². The molecule has 0 heterocycles. The summed E-state index contributed by atoms with van der Waals surface area (Å²) >= 11 is 0. The molecule has 0 aromatic rings. The van der Waals surface area contributed by atoms with Crippen LogP contribution in [0.5, 0.6) is 0 Å². The second-order valence-corrected chi connectivity index (χ2v) is 32.1. The number of aliphatic hydroxyl groups excluding tert-OH is 1. The van der Waals surface area contributed by atoms with E-state index >= 15 is 0 Å². The van der Waals surface area contributed by atoms with E-state index in [2.05, 4.69) is 27.7 Å². The highest BCUT2D eigenvalue weighted by Gasteiger charge is 2.30. The molecule has 0 aliphatic heterocycles. The molecule has 2 unspecified atom stereocenters.